The molecule has 9 heteroatoms. The van der Waals surface area contributed by atoms with Crippen LogP contribution in [0.25, 0.3) is 9.40 Å². The number of fused-ring (bicyclic) bond motifs is 1. The van der Waals surface area contributed by atoms with Gasteiger partial charge in [-0.15, -0.1) is 35.1 Å². The normalized spacial score (nSPS) is 19.7. The zero-order chi connectivity index (χ0) is 18.1. The summed E-state index contributed by atoms with van der Waals surface area (Å²) in [7, 11) is 0. The quantitative estimate of drug-likeness (QED) is 0.812. The van der Waals surface area contributed by atoms with Crippen LogP contribution in [-0.4, -0.2) is 67.6 Å². The first kappa shape index (κ1) is 20.5. The Morgan fingerprint density at radius 2 is 1.78 bits per heavy atom. The highest BCUT2D eigenvalue weighted by Gasteiger charge is 2.42. The highest BCUT2D eigenvalue weighted by molar-refractivity contribution is 7.27. The number of ether oxygens (including phenoxy) is 1. The molecule has 148 valence electrons. The van der Waals surface area contributed by atoms with Crippen LogP contribution in [-0.2, 0) is 9.53 Å². The number of hydrogen-bond donors (Lipinski definition) is 1. The fourth-order valence-corrected chi connectivity index (χ4v) is 5.82. The second kappa shape index (κ2) is 8.45. The highest BCUT2D eigenvalue weighted by Crippen LogP contribution is 2.33. The summed E-state index contributed by atoms with van der Waals surface area (Å²) in [6.07, 6.45) is 1.38. The lowest BCUT2D eigenvalue weighted by molar-refractivity contribution is -0.148. The molecule has 2 amide bonds. The first-order chi connectivity index (χ1) is 12.6. The largest absolute Gasteiger partial charge is 0.381 e. The minimum Gasteiger partial charge on any atom is -0.381 e. The van der Waals surface area contributed by atoms with Crippen molar-refractivity contribution in [2.45, 2.75) is 12.8 Å². The number of carbonyl (C=O) groups is 2. The number of halogens is 1. The summed E-state index contributed by atoms with van der Waals surface area (Å²) in [5, 5.41) is 2.05. The summed E-state index contributed by atoms with van der Waals surface area (Å²) < 4.78 is 7.73. The number of nitrogens with two attached hydrogens (primary N) is 1. The monoisotopic (exact) mass is 429 g/mol. The Balaban J connectivity index is 0.00000210. The van der Waals surface area contributed by atoms with Crippen molar-refractivity contribution >= 4 is 56.3 Å². The molecule has 2 aliphatic heterocycles. The molecule has 27 heavy (non-hydrogen) atoms. The standard InChI is InChI=1S/C18H23N3O3S2.ClH/c19-12-18(2-8-24-9-3-18)17(23)21-6-4-20(5-7-21)16(22)15-11-14-13(26-15)1-10-25-14;/h1,10-11H,2-9,12,19H2;1H. The molecule has 4 rings (SSSR count). The smallest absolute Gasteiger partial charge is 0.264 e. The van der Waals surface area contributed by atoms with Gasteiger partial charge in [0.15, 0.2) is 0 Å². The van der Waals surface area contributed by atoms with Gasteiger partial charge in [-0.05, 0) is 30.4 Å². The van der Waals surface area contributed by atoms with Crippen LogP contribution in [0.1, 0.15) is 22.5 Å². The summed E-state index contributed by atoms with van der Waals surface area (Å²) in [5.74, 6) is 0.206. The minimum atomic E-state index is -0.484. The van der Waals surface area contributed by atoms with Gasteiger partial charge in [0.05, 0.1) is 10.3 Å². The molecule has 2 N–H and O–H groups in total. The third-order valence-corrected chi connectivity index (χ3v) is 7.58. The van der Waals surface area contributed by atoms with E-state index in [1.54, 1.807) is 22.7 Å². The number of thiophene rings is 2. The van der Waals surface area contributed by atoms with E-state index in [4.69, 9.17) is 10.5 Å². The lowest BCUT2D eigenvalue weighted by atomic mass is 9.78. The predicted molar refractivity (Wildman–Crippen MR) is 111 cm³/mol. The maximum absolute atomic E-state index is 13.0. The van der Waals surface area contributed by atoms with Crippen molar-refractivity contribution in [3.05, 3.63) is 22.4 Å². The lowest BCUT2D eigenvalue weighted by Gasteiger charge is -2.42. The molecular weight excluding hydrogens is 406 g/mol. The van der Waals surface area contributed by atoms with Crippen LogP contribution >= 0.6 is 35.1 Å². The third kappa shape index (κ3) is 3.86. The Kier molecular flexibility index (Phi) is 6.43. The van der Waals surface area contributed by atoms with E-state index in [9.17, 15) is 9.59 Å². The molecule has 2 saturated heterocycles. The van der Waals surface area contributed by atoms with Crippen LogP contribution < -0.4 is 5.73 Å². The van der Waals surface area contributed by atoms with Gasteiger partial charge in [0, 0.05) is 55.3 Å². The first-order valence-electron chi connectivity index (χ1n) is 8.96. The average molecular weight is 430 g/mol. The van der Waals surface area contributed by atoms with Gasteiger partial charge in [0.25, 0.3) is 5.91 Å². The summed E-state index contributed by atoms with van der Waals surface area (Å²) in [5.41, 5.74) is 5.48. The number of carbonyl (C=O) groups excluding carboxylic acids is 2. The van der Waals surface area contributed by atoms with Crippen molar-refractivity contribution in [1.82, 2.24) is 9.80 Å². The van der Waals surface area contributed by atoms with E-state index in [2.05, 4.69) is 6.07 Å². The van der Waals surface area contributed by atoms with E-state index >= 15 is 0 Å². The second-order valence-corrected chi connectivity index (χ2v) is 8.97. The number of piperazine rings is 1. The number of nitrogens with zero attached hydrogens (tertiary/aromatic N) is 2. The Morgan fingerprint density at radius 1 is 1.11 bits per heavy atom. The minimum absolute atomic E-state index is 0. The summed E-state index contributed by atoms with van der Waals surface area (Å²) in [4.78, 5) is 30.3. The molecule has 2 aromatic rings. The summed E-state index contributed by atoms with van der Waals surface area (Å²) in [6.45, 7) is 3.86. The Bertz CT molecular complexity index is 779. The molecule has 0 bridgehead atoms. The summed E-state index contributed by atoms with van der Waals surface area (Å²) >= 11 is 3.21. The molecule has 6 nitrogen and oxygen atoms in total. The molecule has 4 heterocycles. The molecule has 2 aromatic heterocycles. The van der Waals surface area contributed by atoms with Crippen molar-refractivity contribution < 1.29 is 14.3 Å². The average Bonchev–Trinajstić information content (AvgIpc) is 3.30. The van der Waals surface area contributed by atoms with Crippen LogP contribution in [0.15, 0.2) is 17.5 Å². The van der Waals surface area contributed by atoms with Crippen LogP contribution in [0.3, 0.4) is 0 Å². The Morgan fingerprint density at radius 3 is 2.41 bits per heavy atom. The molecule has 0 radical (unpaired) electrons. The topological polar surface area (TPSA) is 75.9 Å². The molecule has 0 atom stereocenters. The SMILES string of the molecule is Cl.NCC1(C(=O)N2CCN(C(=O)c3cc4sccc4s3)CC2)CCOCC1. The maximum atomic E-state index is 13.0. The molecule has 0 saturated carbocycles. The van der Waals surface area contributed by atoms with E-state index in [1.807, 2.05) is 21.2 Å². The second-order valence-electron chi connectivity index (χ2n) is 6.94. The first-order valence-corrected chi connectivity index (χ1v) is 10.7. The fraction of sp³-hybridized carbons (Fsp3) is 0.556. The molecular formula is C18H24ClN3O3S2. The molecule has 2 fully saturated rings. The zero-order valence-corrected chi connectivity index (χ0v) is 17.5. The fourth-order valence-electron chi connectivity index (χ4n) is 3.74. The van der Waals surface area contributed by atoms with E-state index < -0.39 is 5.41 Å². The van der Waals surface area contributed by atoms with Crippen LogP contribution in [0.5, 0.6) is 0 Å². The molecule has 0 spiro atoms. The summed E-state index contributed by atoms with van der Waals surface area (Å²) in [6, 6.07) is 4.04. The van der Waals surface area contributed by atoms with Crippen molar-refractivity contribution in [2.75, 3.05) is 45.9 Å². The van der Waals surface area contributed by atoms with Gasteiger partial charge in [0.1, 0.15) is 0 Å². The van der Waals surface area contributed by atoms with E-state index in [0.29, 0.717) is 58.8 Å². The maximum Gasteiger partial charge on any atom is 0.264 e. The van der Waals surface area contributed by atoms with Crippen LogP contribution in [0.2, 0.25) is 0 Å². The van der Waals surface area contributed by atoms with E-state index in [-0.39, 0.29) is 24.2 Å². The molecule has 0 aromatic carbocycles. The zero-order valence-electron chi connectivity index (χ0n) is 15.0. The molecule has 0 unspecified atom stereocenters. The van der Waals surface area contributed by atoms with Gasteiger partial charge in [-0.1, -0.05) is 0 Å². The number of rotatable bonds is 3. The van der Waals surface area contributed by atoms with Crippen molar-refractivity contribution in [3.8, 4) is 0 Å². The van der Waals surface area contributed by atoms with Gasteiger partial charge < -0.3 is 20.3 Å². The number of amides is 2. The van der Waals surface area contributed by atoms with Gasteiger partial charge in [-0.2, -0.15) is 0 Å². The molecule has 0 aliphatic carbocycles. The molecule has 2 aliphatic rings. The predicted octanol–water partition coefficient (Wildman–Crippen LogP) is 2.42. The van der Waals surface area contributed by atoms with E-state index in [0.717, 1.165) is 14.3 Å². The van der Waals surface area contributed by atoms with Crippen molar-refractivity contribution in [2.24, 2.45) is 11.1 Å². The third-order valence-electron chi connectivity index (χ3n) is 5.50. The highest BCUT2D eigenvalue weighted by atomic mass is 35.5. The Labute approximate surface area is 172 Å². The van der Waals surface area contributed by atoms with Gasteiger partial charge in [0.2, 0.25) is 5.91 Å². The van der Waals surface area contributed by atoms with E-state index in [1.165, 1.54) is 0 Å². The van der Waals surface area contributed by atoms with Crippen LogP contribution in [0.4, 0.5) is 0 Å². The van der Waals surface area contributed by atoms with Crippen LogP contribution in [0, 0.1) is 5.41 Å². The van der Waals surface area contributed by atoms with Crippen molar-refractivity contribution in [1.29, 1.82) is 0 Å². The van der Waals surface area contributed by atoms with Gasteiger partial charge >= 0.3 is 0 Å². The van der Waals surface area contributed by atoms with Gasteiger partial charge in [-0.25, -0.2) is 0 Å². The number of hydrogen-bond acceptors (Lipinski definition) is 6. The van der Waals surface area contributed by atoms with Crippen molar-refractivity contribution in [3.63, 3.8) is 0 Å². The Hall–Kier alpha value is -1.19. The van der Waals surface area contributed by atoms with Gasteiger partial charge in [-0.3, -0.25) is 9.59 Å². The lowest BCUT2D eigenvalue weighted by Crippen LogP contribution is -2.57.